The number of aliphatic carboxylic acids is 1. The van der Waals surface area contributed by atoms with Crippen LogP contribution in [0, 0.1) is 18.3 Å². The molecule has 140 valence electrons. The van der Waals surface area contributed by atoms with Gasteiger partial charge >= 0.3 is 5.97 Å². The van der Waals surface area contributed by atoms with Gasteiger partial charge in [-0.25, -0.2) is 4.79 Å². The monoisotopic (exact) mass is 393 g/mol. The van der Waals surface area contributed by atoms with Crippen LogP contribution in [0.15, 0.2) is 63.1 Å². The summed E-state index contributed by atoms with van der Waals surface area (Å²) in [5, 5.41) is 26.1. The molecular weight excluding hydrogens is 378 g/mol. The molecule has 0 radical (unpaired) electrons. The van der Waals surface area contributed by atoms with Gasteiger partial charge in [0.2, 0.25) is 5.89 Å². The fraction of sp³-hybridized carbons (Fsp3) is 0.100. The van der Waals surface area contributed by atoms with Crippen LogP contribution in [0.3, 0.4) is 0 Å². The van der Waals surface area contributed by atoms with Crippen LogP contribution in [0.4, 0.5) is 0 Å². The molecule has 8 heteroatoms. The number of rotatable bonds is 7. The van der Waals surface area contributed by atoms with E-state index in [1.54, 1.807) is 43.3 Å². The third-order valence-corrected chi connectivity index (χ3v) is 4.48. The Hall–Kier alpha value is -3.57. The predicted molar refractivity (Wildman–Crippen MR) is 102 cm³/mol. The molecule has 3 rings (SSSR count). The first-order valence-electron chi connectivity index (χ1n) is 8.19. The van der Waals surface area contributed by atoms with Gasteiger partial charge in [-0.3, -0.25) is 0 Å². The molecule has 0 fully saturated rings. The van der Waals surface area contributed by atoms with Crippen molar-refractivity contribution in [2.75, 3.05) is 0 Å². The van der Waals surface area contributed by atoms with Crippen LogP contribution in [0.25, 0.3) is 6.08 Å². The maximum absolute atomic E-state index is 11.5. The fourth-order valence-electron chi connectivity index (χ4n) is 2.28. The molecule has 0 atom stereocenters. The Labute approximate surface area is 165 Å². The number of carboxylic acid groups (broad SMARTS) is 1. The van der Waals surface area contributed by atoms with Crippen molar-refractivity contribution in [3.8, 4) is 11.8 Å². The second-order valence-electron chi connectivity index (χ2n) is 5.63. The van der Waals surface area contributed by atoms with Crippen molar-refractivity contribution in [1.29, 1.82) is 5.26 Å². The molecule has 2 aromatic carbocycles. The number of aryl methyl sites for hydroxylation is 1. The van der Waals surface area contributed by atoms with Crippen LogP contribution in [-0.2, 0) is 11.4 Å². The van der Waals surface area contributed by atoms with E-state index in [9.17, 15) is 9.90 Å². The van der Waals surface area contributed by atoms with E-state index >= 15 is 0 Å². The van der Waals surface area contributed by atoms with E-state index in [2.05, 4.69) is 16.3 Å². The molecule has 28 heavy (non-hydrogen) atoms. The van der Waals surface area contributed by atoms with E-state index < -0.39 is 5.97 Å². The summed E-state index contributed by atoms with van der Waals surface area (Å²) in [5.41, 5.74) is 2.06. The molecule has 0 aliphatic heterocycles. The van der Waals surface area contributed by atoms with Gasteiger partial charge in [0.25, 0.3) is 5.22 Å². The van der Waals surface area contributed by atoms with Crippen LogP contribution in [-0.4, -0.2) is 21.3 Å². The highest BCUT2D eigenvalue weighted by Crippen LogP contribution is 2.28. The number of benzene rings is 2. The average Bonchev–Trinajstić information content (AvgIpc) is 3.11. The minimum absolute atomic E-state index is 0.0558. The number of hydrogen-bond acceptors (Lipinski definition) is 7. The molecular formula is C20H15N3O4S. The maximum atomic E-state index is 11.5. The molecule has 1 aromatic heterocycles. The average molecular weight is 393 g/mol. The van der Waals surface area contributed by atoms with E-state index in [4.69, 9.17) is 14.4 Å². The molecule has 7 nitrogen and oxygen atoms in total. The van der Waals surface area contributed by atoms with Gasteiger partial charge in [-0.2, -0.15) is 5.26 Å². The highest BCUT2D eigenvalue weighted by molar-refractivity contribution is 8.03. The Morgan fingerprint density at radius 3 is 2.64 bits per heavy atom. The first kappa shape index (κ1) is 19.2. The summed E-state index contributed by atoms with van der Waals surface area (Å²) in [6.45, 7) is 1.90. The van der Waals surface area contributed by atoms with Crippen LogP contribution in [0.1, 0.15) is 22.6 Å². The number of carboxylic acids is 1. The SMILES string of the molecule is Cc1nnc(S/C(=C\c2ccc(OCc3ccccc3C#N)cc2)C(=O)O)o1. The minimum atomic E-state index is -1.09. The Morgan fingerprint density at radius 2 is 2.00 bits per heavy atom. The third kappa shape index (κ3) is 4.99. The van der Waals surface area contributed by atoms with Crippen LogP contribution >= 0.6 is 11.8 Å². The summed E-state index contributed by atoms with van der Waals surface area (Å²) >= 11 is 0.888. The van der Waals surface area contributed by atoms with E-state index in [0.29, 0.717) is 22.8 Å². The van der Waals surface area contributed by atoms with Gasteiger partial charge in [0, 0.05) is 12.5 Å². The lowest BCUT2D eigenvalue weighted by Crippen LogP contribution is -1.98. The van der Waals surface area contributed by atoms with Crippen molar-refractivity contribution >= 4 is 23.8 Å². The van der Waals surface area contributed by atoms with Gasteiger partial charge in [-0.1, -0.05) is 30.3 Å². The van der Waals surface area contributed by atoms with Gasteiger partial charge in [0.05, 0.1) is 11.6 Å². The van der Waals surface area contributed by atoms with Crippen LogP contribution in [0.5, 0.6) is 5.75 Å². The van der Waals surface area contributed by atoms with Crippen molar-refractivity contribution in [2.45, 2.75) is 18.8 Å². The Balaban J connectivity index is 1.69. The number of ether oxygens (including phenoxy) is 1. The quantitative estimate of drug-likeness (QED) is 0.473. The highest BCUT2D eigenvalue weighted by Gasteiger charge is 2.14. The molecule has 0 aliphatic carbocycles. The standard InChI is InChI=1S/C20H15N3O4S/c1-13-22-23-20(27-13)28-18(19(24)25)10-14-6-8-17(9-7-14)26-12-16-5-3-2-4-15(16)11-21/h2-10H,12H2,1H3,(H,24,25)/b18-10-. The predicted octanol–water partition coefficient (Wildman–Crippen LogP) is 4.05. The van der Waals surface area contributed by atoms with Gasteiger partial charge in [0.1, 0.15) is 17.3 Å². The van der Waals surface area contributed by atoms with Crippen LogP contribution in [0.2, 0.25) is 0 Å². The second-order valence-corrected chi connectivity index (χ2v) is 6.62. The van der Waals surface area contributed by atoms with Crippen molar-refractivity contribution in [2.24, 2.45) is 0 Å². The van der Waals surface area contributed by atoms with Crippen molar-refractivity contribution in [3.05, 3.63) is 76.0 Å². The van der Waals surface area contributed by atoms with E-state index in [-0.39, 0.29) is 16.7 Å². The Kier molecular flexibility index (Phi) is 6.09. The van der Waals surface area contributed by atoms with Gasteiger partial charge < -0.3 is 14.3 Å². The zero-order valence-corrected chi connectivity index (χ0v) is 15.6. The lowest BCUT2D eigenvalue weighted by atomic mass is 10.1. The van der Waals surface area contributed by atoms with Crippen molar-refractivity contribution in [3.63, 3.8) is 0 Å². The van der Waals surface area contributed by atoms with Gasteiger partial charge in [-0.05, 0) is 41.6 Å². The summed E-state index contributed by atoms with van der Waals surface area (Å²) in [5.74, 6) is -0.108. The summed E-state index contributed by atoms with van der Waals surface area (Å²) in [7, 11) is 0. The molecule has 0 amide bonds. The van der Waals surface area contributed by atoms with Crippen LogP contribution < -0.4 is 4.74 Å². The minimum Gasteiger partial charge on any atom is -0.489 e. The molecule has 1 heterocycles. The van der Waals surface area contributed by atoms with E-state index in [1.165, 1.54) is 6.08 Å². The number of aromatic nitrogens is 2. The molecule has 1 N–H and O–H groups in total. The molecule has 0 spiro atoms. The first-order chi connectivity index (χ1) is 13.5. The lowest BCUT2D eigenvalue weighted by molar-refractivity contribution is -0.131. The Bertz CT molecular complexity index is 1050. The number of hydrogen-bond donors (Lipinski definition) is 1. The van der Waals surface area contributed by atoms with Crippen molar-refractivity contribution in [1.82, 2.24) is 10.2 Å². The summed E-state index contributed by atoms with van der Waals surface area (Å²) in [4.78, 5) is 11.5. The Morgan fingerprint density at radius 1 is 1.25 bits per heavy atom. The second kappa shape index (κ2) is 8.88. The summed E-state index contributed by atoms with van der Waals surface area (Å²) < 4.78 is 10.9. The van der Waals surface area contributed by atoms with E-state index in [0.717, 1.165) is 17.3 Å². The molecule has 3 aromatic rings. The number of nitriles is 1. The topological polar surface area (TPSA) is 109 Å². The van der Waals surface area contributed by atoms with Crippen molar-refractivity contribution < 1.29 is 19.1 Å². The zero-order chi connectivity index (χ0) is 19.9. The molecule has 0 unspecified atom stereocenters. The highest BCUT2D eigenvalue weighted by atomic mass is 32.2. The maximum Gasteiger partial charge on any atom is 0.342 e. The molecule has 0 saturated carbocycles. The van der Waals surface area contributed by atoms with Gasteiger partial charge in [-0.15, -0.1) is 10.2 Å². The summed E-state index contributed by atoms with van der Waals surface area (Å²) in [6.07, 6.45) is 1.52. The number of carbonyl (C=O) groups is 1. The molecule has 0 bridgehead atoms. The largest absolute Gasteiger partial charge is 0.489 e. The normalized spacial score (nSPS) is 11.1. The summed E-state index contributed by atoms with van der Waals surface area (Å²) in [6, 6.07) is 16.3. The molecule has 0 aliphatic rings. The number of nitrogens with zero attached hydrogens (tertiary/aromatic N) is 3. The van der Waals surface area contributed by atoms with E-state index in [1.807, 2.05) is 12.1 Å². The lowest BCUT2D eigenvalue weighted by Gasteiger charge is -2.08. The molecule has 0 saturated heterocycles. The first-order valence-corrected chi connectivity index (χ1v) is 9.00. The third-order valence-electron chi connectivity index (χ3n) is 3.63. The zero-order valence-electron chi connectivity index (χ0n) is 14.8. The van der Waals surface area contributed by atoms with Gasteiger partial charge in [0.15, 0.2) is 0 Å². The number of thioether (sulfide) groups is 1. The fourth-order valence-corrected chi connectivity index (χ4v) is 2.99. The smallest absolute Gasteiger partial charge is 0.342 e.